The van der Waals surface area contributed by atoms with E-state index in [4.69, 9.17) is 0 Å². The lowest BCUT2D eigenvalue weighted by molar-refractivity contribution is -0.384. The van der Waals surface area contributed by atoms with Crippen molar-refractivity contribution < 1.29 is 4.92 Å². The second-order valence-corrected chi connectivity index (χ2v) is 6.28. The Kier molecular flexibility index (Phi) is 4.68. The van der Waals surface area contributed by atoms with Crippen molar-refractivity contribution in [1.29, 1.82) is 5.26 Å². The highest BCUT2D eigenvalue weighted by Gasteiger charge is 2.10. The molecule has 0 bridgehead atoms. The molecule has 0 unspecified atom stereocenters. The van der Waals surface area contributed by atoms with Gasteiger partial charge in [-0.2, -0.15) is 5.26 Å². The molecule has 2 aromatic carbocycles. The predicted molar refractivity (Wildman–Crippen MR) is 98.9 cm³/mol. The second kappa shape index (κ2) is 7.07. The van der Waals surface area contributed by atoms with Crippen LogP contribution < -0.4 is 0 Å². The molecule has 1 aromatic heterocycles. The number of nitrogens with zero attached hydrogens (tertiary/aromatic N) is 3. The first-order valence-corrected chi connectivity index (χ1v) is 8.34. The molecule has 0 aliphatic heterocycles. The summed E-state index contributed by atoms with van der Waals surface area (Å²) in [4.78, 5) is 14.8. The first kappa shape index (κ1) is 16.6. The minimum atomic E-state index is -0.451. The Hall–Kier alpha value is -3.30. The highest BCUT2D eigenvalue weighted by molar-refractivity contribution is 7.11. The van der Waals surface area contributed by atoms with E-state index in [0.29, 0.717) is 16.1 Å². The summed E-state index contributed by atoms with van der Waals surface area (Å²) in [5, 5.41) is 22.7. The molecule has 0 radical (unpaired) electrons. The number of nitro groups is 1. The van der Waals surface area contributed by atoms with Crippen LogP contribution in [-0.4, -0.2) is 9.91 Å². The molecule has 0 saturated heterocycles. The summed E-state index contributed by atoms with van der Waals surface area (Å²) in [6.45, 7) is 2.02. The third kappa shape index (κ3) is 3.79. The molecule has 0 N–H and O–H groups in total. The van der Waals surface area contributed by atoms with Gasteiger partial charge in [0.1, 0.15) is 11.1 Å². The Morgan fingerprint density at radius 1 is 1.20 bits per heavy atom. The molecule has 3 aromatic rings. The standard InChI is InChI=1S/C19H13N3O2S/c1-13-2-6-15(7-3-13)18-12-25-19(21-18)16(11-20)10-14-4-8-17(9-5-14)22(23)24/h2-10,12H,1H3/b16-10+. The number of nitro benzene ring substituents is 1. The van der Waals surface area contributed by atoms with Crippen molar-refractivity contribution in [2.75, 3.05) is 0 Å². The number of hydrogen-bond donors (Lipinski definition) is 0. The van der Waals surface area contributed by atoms with Gasteiger partial charge in [0.05, 0.1) is 16.2 Å². The van der Waals surface area contributed by atoms with Crippen molar-refractivity contribution in [3.8, 4) is 17.3 Å². The summed E-state index contributed by atoms with van der Waals surface area (Å²) in [5.74, 6) is 0. The fraction of sp³-hybridized carbons (Fsp3) is 0.0526. The minimum Gasteiger partial charge on any atom is -0.258 e. The maximum absolute atomic E-state index is 10.7. The Labute approximate surface area is 148 Å². The van der Waals surface area contributed by atoms with E-state index in [0.717, 1.165) is 11.3 Å². The first-order valence-electron chi connectivity index (χ1n) is 7.46. The number of thiazole rings is 1. The van der Waals surface area contributed by atoms with Crippen LogP contribution in [0.4, 0.5) is 5.69 Å². The average Bonchev–Trinajstić information content (AvgIpc) is 3.10. The number of non-ortho nitro benzene ring substituents is 1. The van der Waals surface area contributed by atoms with Gasteiger partial charge in [-0.1, -0.05) is 29.8 Å². The Balaban J connectivity index is 1.90. The summed E-state index contributed by atoms with van der Waals surface area (Å²) in [7, 11) is 0. The third-order valence-corrected chi connectivity index (χ3v) is 4.49. The molecule has 0 amide bonds. The average molecular weight is 347 g/mol. The maximum Gasteiger partial charge on any atom is 0.269 e. The highest BCUT2D eigenvalue weighted by atomic mass is 32.1. The van der Waals surface area contributed by atoms with Crippen molar-refractivity contribution >= 4 is 28.7 Å². The van der Waals surface area contributed by atoms with Crippen molar-refractivity contribution in [2.45, 2.75) is 6.92 Å². The fourth-order valence-corrected chi connectivity index (χ4v) is 3.05. The van der Waals surface area contributed by atoms with Gasteiger partial charge in [0, 0.05) is 23.1 Å². The normalized spacial score (nSPS) is 11.1. The van der Waals surface area contributed by atoms with Crippen LogP contribution in [-0.2, 0) is 0 Å². The third-order valence-electron chi connectivity index (χ3n) is 3.62. The molecule has 6 heteroatoms. The number of aromatic nitrogens is 1. The molecule has 25 heavy (non-hydrogen) atoms. The van der Waals surface area contributed by atoms with E-state index < -0.39 is 4.92 Å². The van der Waals surface area contributed by atoms with Crippen LogP contribution in [0.2, 0.25) is 0 Å². The van der Waals surface area contributed by atoms with E-state index in [-0.39, 0.29) is 5.69 Å². The van der Waals surface area contributed by atoms with E-state index in [1.54, 1.807) is 18.2 Å². The number of hydrogen-bond acceptors (Lipinski definition) is 5. The molecule has 0 fully saturated rings. The van der Waals surface area contributed by atoms with Gasteiger partial charge >= 0.3 is 0 Å². The van der Waals surface area contributed by atoms with Crippen molar-refractivity contribution in [2.24, 2.45) is 0 Å². The molecule has 0 spiro atoms. The van der Waals surface area contributed by atoms with Gasteiger partial charge in [-0.3, -0.25) is 10.1 Å². The quantitative estimate of drug-likeness (QED) is 0.374. The van der Waals surface area contributed by atoms with Crippen LogP contribution in [0.3, 0.4) is 0 Å². The van der Waals surface area contributed by atoms with E-state index in [1.807, 2.05) is 36.6 Å². The molecule has 0 atom stereocenters. The second-order valence-electron chi connectivity index (χ2n) is 5.42. The molecule has 5 nitrogen and oxygen atoms in total. The number of nitriles is 1. The van der Waals surface area contributed by atoms with Crippen LogP contribution >= 0.6 is 11.3 Å². The zero-order valence-electron chi connectivity index (χ0n) is 13.3. The molecule has 3 rings (SSSR count). The predicted octanol–water partition coefficient (Wildman–Crippen LogP) is 5.09. The van der Waals surface area contributed by atoms with E-state index in [1.165, 1.54) is 29.0 Å². The number of allylic oxidation sites excluding steroid dienone is 1. The van der Waals surface area contributed by atoms with Crippen LogP contribution in [0.25, 0.3) is 22.9 Å². The number of benzene rings is 2. The van der Waals surface area contributed by atoms with E-state index in [2.05, 4.69) is 11.1 Å². The van der Waals surface area contributed by atoms with Crippen LogP contribution in [0.1, 0.15) is 16.1 Å². The zero-order valence-corrected chi connectivity index (χ0v) is 14.2. The largest absolute Gasteiger partial charge is 0.269 e. The summed E-state index contributed by atoms with van der Waals surface area (Å²) >= 11 is 1.40. The summed E-state index contributed by atoms with van der Waals surface area (Å²) < 4.78 is 0. The molecule has 0 aliphatic carbocycles. The number of aryl methyl sites for hydroxylation is 1. The lowest BCUT2D eigenvalue weighted by atomic mass is 10.1. The van der Waals surface area contributed by atoms with E-state index in [9.17, 15) is 15.4 Å². The summed E-state index contributed by atoms with van der Waals surface area (Å²) in [5.41, 5.74) is 4.17. The van der Waals surface area contributed by atoms with Gasteiger partial charge in [0.15, 0.2) is 0 Å². The van der Waals surface area contributed by atoms with Crippen LogP contribution in [0.5, 0.6) is 0 Å². The van der Waals surface area contributed by atoms with Crippen molar-refractivity contribution in [3.63, 3.8) is 0 Å². The Morgan fingerprint density at radius 3 is 2.48 bits per heavy atom. The van der Waals surface area contributed by atoms with Gasteiger partial charge in [0.2, 0.25) is 0 Å². The van der Waals surface area contributed by atoms with Crippen molar-refractivity contribution in [1.82, 2.24) is 4.98 Å². The SMILES string of the molecule is Cc1ccc(-c2csc(/C(C#N)=C/c3ccc([N+](=O)[O-])cc3)n2)cc1. The van der Waals surface area contributed by atoms with Gasteiger partial charge < -0.3 is 0 Å². The molecule has 122 valence electrons. The van der Waals surface area contributed by atoms with Gasteiger partial charge in [-0.25, -0.2) is 4.98 Å². The van der Waals surface area contributed by atoms with E-state index >= 15 is 0 Å². The minimum absolute atomic E-state index is 0.0200. The number of rotatable bonds is 4. The lowest BCUT2D eigenvalue weighted by Gasteiger charge is -1.98. The highest BCUT2D eigenvalue weighted by Crippen LogP contribution is 2.27. The monoisotopic (exact) mass is 347 g/mol. The summed E-state index contributed by atoms with van der Waals surface area (Å²) in [6.07, 6.45) is 1.68. The fourth-order valence-electron chi connectivity index (χ4n) is 2.26. The van der Waals surface area contributed by atoms with Crippen LogP contribution in [0.15, 0.2) is 53.9 Å². The first-order chi connectivity index (χ1) is 12.1. The Bertz CT molecular complexity index is 981. The summed E-state index contributed by atoms with van der Waals surface area (Å²) in [6, 6.07) is 16.3. The smallest absolute Gasteiger partial charge is 0.258 e. The van der Waals surface area contributed by atoms with Gasteiger partial charge in [-0.15, -0.1) is 11.3 Å². The zero-order chi connectivity index (χ0) is 17.8. The topological polar surface area (TPSA) is 79.8 Å². The molecule has 1 heterocycles. The van der Waals surface area contributed by atoms with Gasteiger partial charge in [-0.05, 0) is 30.7 Å². The maximum atomic E-state index is 10.7. The van der Waals surface area contributed by atoms with Crippen LogP contribution in [0, 0.1) is 28.4 Å². The van der Waals surface area contributed by atoms with Gasteiger partial charge in [0.25, 0.3) is 5.69 Å². The lowest BCUT2D eigenvalue weighted by Crippen LogP contribution is -1.87. The molecule has 0 saturated carbocycles. The molecular formula is C19H13N3O2S. The van der Waals surface area contributed by atoms with Crippen molar-refractivity contribution in [3.05, 3.63) is 80.2 Å². The molecular weight excluding hydrogens is 334 g/mol. The molecule has 0 aliphatic rings. The Morgan fingerprint density at radius 2 is 1.88 bits per heavy atom.